The topological polar surface area (TPSA) is 127 Å². The van der Waals surface area contributed by atoms with E-state index in [2.05, 4.69) is 15.0 Å². The smallest absolute Gasteiger partial charge is 0.476 e. The third kappa shape index (κ3) is 4.68. The lowest BCUT2D eigenvalue weighted by molar-refractivity contribution is -0.275. The summed E-state index contributed by atoms with van der Waals surface area (Å²) < 4.78 is 72.3. The molecule has 0 aromatic heterocycles. The number of hydrogen-bond donors (Lipinski definition) is 2. The van der Waals surface area contributed by atoms with E-state index < -0.39 is 32.5 Å². The van der Waals surface area contributed by atoms with Crippen molar-refractivity contribution < 1.29 is 31.1 Å². The van der Waals surface area contributed by atoms with E-state index in [1.165, 1.54) is 18.2 Å². The Morgan fingerprint density at radius 2 is 1.71 bits per heavy atom. The summed E-state index contributed by atoms with van der Waals surface area (Å²) >= 11 is 0. The average molecular weight is 501 g/mol. The number of aliphatic imine (C=N–C) groups is 1. The van der Waals surface area contributed by atoms with E-state index in [4.69, 9.17) is 9.88 Å². The van der Waals surface area contributed by atoms with Crippen molar-refractivity contribution in [3.05, 3.63) is 24.3 Å². The van der Waals surface area contributed by atoms with Crippen LogP contribution in [0.4, 0.5) is 13.2 Å². The normalized spacial score (nSPS) is 31.1. The van der Waals surface area contributed by atoms with Crippen LogP contribution in [0.1, 0.15) is 46.0 Å². The number of alkyl halides is 3. The number of primary sulfonamides is 1. The van der Waals surface area contributed by atoms with Gasteiger partial charge in [-0.3, -0.25) is 0 Å². The molecule has 4 aliphatic rings. The van der Waals surface area contributed by atoms with Gasteiger partial charge in [-0.25, -0.2) is 13.6 Å². The predicted molar refractivity (Wildman–Crippen MR) is 117 cm³/mol. The quantitative estimate of drug-likeness (QED) is 0.350. The number of rotatable bonds is 6. The average Bonchev–Trinajstić information content (AvgIpc) is 2.69. The summed E-state index contributed by atoms with van der Waals surface area (Å²) in [5.41, 5.74) is -1.31. The van der Waals surface area contributed by atoms with Crippen LogP contribution in [0.3, 0.4) is 0 Å². The Labute approximate surface area is 196 Å². The number of hydrogen-bond acceptors (Lipinski definition) is 6. The summed E-state index contributed by atoms with van der Waals surface area (Å²) in [6.45, 7) is 3.17. The van der Waals surface area contributed by atoms with Crippen molar-refractivity contribution in [3.8, 4) is 17.7 Å². The van der Waals surface area contributed by atoms with E-state index in [-0.39, 0.29) is 35.4 Å². The molecule has 0 saturated heterocycles. The number of nitrogens with zero attached hydrogens (tertiary/aromatic N) is 2. The number of nitrogens with one attached hydrogen (secondary N) is 1. The molecule has 186 valence electrons. The van der Waals surface area contributed by atoms with Gasteiger partial charge in [-0.2, -0.15) is 10.3 Å². The SMILES string of the molecule is CC(C)(Oc1ccccc1OC(F)(F)F)/C(=N\C#N)NC1C2CC3CC1CC(S(N)(=O)=O)(C3)C2. The van der Waals surface area contributed by atoms with Crippen molar-refractivity contribution in [3.63, 3.8) is 0 Å². The van der Waals surface area contributed by atoms with Crippen molar-refractivity contribution in [2.75, 3.05) is 0 Å². The molecule has 34 heavy (non-hydrogen) atoms. The lowest BCUT2D eigenvalue weighted by atomic mass is 9.53. The highest BCUT2D eigenvalue weighted by Gasteiger charge is 2.60. The number of sulfonamides is 1. The van der Waals surface area contributed by atoms with Gasteiger partial charge in [-0.1, -0.05) is 12.1 Å². The fourth-order valence-corrected chi connectivity index (χ4v) is 7.51. The molecule has 2 unspecified atom stereocenters. The molecular weight excluding hydrogens is 473 g/mol. The zero-order chi connectivity index (χ0) is 24.9. The van der Waals surface area contributed by atoms with Crippen LogP contribution in [0.15, 0.2) is 29.3 Å². The maximum atomic E-state index is 12.8. The molecule has 4 saturated carbocycles. The minimum absolute atomic E-state index is 0.0186. The standard InChI is InChI=1S/C22H27F3N4O4S/c1-20(2,32-16-5-3-4-6-17(16)33-22(23,24)25)19(28-12-26)29-18-14-7-13-8-15(18)11-21(9-13,10-14)34(27,30)31/h3-6,13-15,18H,7-11H2,1-2H3,(H,28,29)(H2,27,30,31). The van der Waals surface area contributed by atoms with Crippen molar-refractivity contribution in [1.29, 1.82) is 5.26 Å². The summed E-state index contributed by atoms with van der Waals surface area (Å²) in [4.78, 5) is 3.89. The van der Waals surface area contributed by atoms with E-state index in [1.54, 1.807) is 20.0 Å². The van der Waals surface area contributed by atoms with Gasteiger partial charge in [0, 0.05) is 6.04 Å². The fourth-order valence-electron chi connectivity index (χ4n) is 6.15. The van der Waals surface area contributed by atoms with Crippen molar-refractivity contribution in [2.45, 2.75) is 68.7 Å². The molecule has 4 aliphatic carbocycles. The molecule has 12 heteroatoms. The Hall–Kier alpha value is -2.52. The number of ether oxygens (including phenoxy) is 2. The van der Waals surface area contributed by atoms with Gasteiger partial charge in [0.2, 0.25) is 16.2 Å². The molecule has 2 atom stereocenters. The van der Waals surface area contributed by atoms with Gasteiger partial charge in [0.25, 0.3) is 0 Å². The third-order valence-corrected chi connectivity index (χ3v) is 9.00. The Morgan fingerprint density at radius 3 is 2.21 bits per heavy atom. The largest absolute Gasteiger partial charge is 0.573 e. The van der Waals surface area contributed by atoms with Crippen LogP contribution in [0.2, 0.25) is 0 Å². The molecule has 0 aliphatic heterocycles. The van der Waals surface area contributed by atoms with Gasteiger partial charge in [0.1, 0.15) is 0 Å². The summed E-state index contributed by atoms with van der Waals surface area (Å²) in [6, 6.07) is 5.22. The number of nitriles is 1. The summed E-state index contributed by atoms with van der Waals surface area (Å²) in [5.74, 6) is -0.199. The van der Waals surface area contributed by atoms with Crippen molar-refractivity contribution >= 4 is 15.9 Å². The lowest BCUT2D eigenvalue weighted by Crippen LogP contribution is -2.66. The first-order valence-corrected chi connectivity index (χ1v) is 12.6. The molecule has 0 amide bonds. The second-order valence-electron chi connectivity index (χ2n) is 10.0. The molecule has 0 radical (unpaired) electrons. The Balaban J connectivity index is 1.56. The second kappa shape index (κ2) is 8.30. The van der Waals surface area contributed by atoms with Crippen LogP contribution in [0.25, 0.3) is 0 Å². The third-order valence-electron chi connectivity index (χ3n) is 7.30. The molecule has 5 rings (SSSR count). The van der Waals surface area contributed by atoms with Crippen LogP contribution in [-0.2, 0) is 10.0 Å². The van der Waals surface area contributed by atoms with Gasteiger partial charge in [0.05, 0.1) is 4.75 Å². The van der Waals surface area contributed by atoms with E-state index in [0.717, 1.165) is 18.9 Å². The number of para-hydroxylation sites is 2. The minimum atomic E-state index is -4.90. The first-order valence-electron chi connectivity index (χ1n) is 11.0. The van der Waals surface area contributed by atoms with E-state index in [0.29, 0.717) is 19.3 Å². The number of nitrogens with two attached hydrogens (primary N) is 1. The molecule has 3 N–H and O–H groups in total. The monoisotopic (exact) mass is 500 g/mol. The summed E-state index contributed by atoms with van der Waals surface area (Å²) in [7, 11) is -3.71. The van der Waals surface area contributed by atoms with Gasteiger partial charge < -0.3 is 14.8 Å². The molecule has 0 heterocycles. The van der Waals surface area contributed by atoms with E-state index in [1.807, 2.05) is 0 Å². The molecule has 8 nitrogen and oxygen atoms in total. The highest BCUT2D eigenvalue weighted by atomic mass is 32.2. The Morgan fingerprint density at radius 1 is 1.15 bits per heavy atom. The molecule has 4 bridgehead atoms. The van der Waals surface area contributed by atoms with Crippen molar-refractivity contribution in [1.82, 2.24) is 5.32 Å². The Kier molecular flexibility index (Phi) is 6.01. The highest BCUT2D eigenvalue weighted by molar-refractivity contribution is 7.90. The first kappa shape index (κ1) is 24.6. The lowest BCUT2D eigenvalue weighted by Gasteiger charge is -2.59. The van der Waals surface area contributed by atoms with Gasteiger partial charge in [0.15, 0.2) is 22.9 Å². The number of benzene rings is 1. The van der Waals surface area contributed by atoms with E-state index in [9.17, 15) is 26.9 Å². The summed E-state index contributed by atoms with van der Waals surface area (Å²) in [6.07, 6.45) is -0.0386. The zero-order valence-electron chi connectivity index (χ0n) is 18.8. The second-order valence-corrected chi connectivity index (χ2v) is 12.0. The molecular formula is C22H27F3N4O4S. The number of halogens is 3. The van der Waals surface area contributed by atoms with Gasteiger partial charge in [-0.15, -0.1) is 13.2 Å². The van der Waals surface area contributed by atoms with Crippen LogP contribution < -0.4 is 19.9 Å². The van der Waals surface area contributed by atoms with Crippen molar-refractivity contribution in [2.24, 2.45) is 27.9 Å². The zero-order valence-corrected chi connectivity index (χ0v) is 19.6. The minimum Gasteiger partial charge on any atom is -0.476 e. The molecule has 4 fully saturated rings. The maximum absolute atomic E-state index is 12.8. The highest BCUT2D eigenvalue weighted by Crippen LogP contribution is 2.58. The Bertz CT molecular complexity index is 1110. The molecule has 0 spiro atoms. The predicted octanol–water partition coefficient (Wildman–Crippen LogP) is 3.45. The van der Waals surface area contributed by atoms with Crippen LogP contribution >= 0.6 is 0 Å². The van der Waals surface area contributed by atoms with Gasteiger partial charge >= 0.3 is 6.36 Å². The van der Waals surface area contributed by atoms with Crippen LogP contribution in [-0.4, -0.2) is 37.0 Å². The molecule has 1 aromatic carbocycles. The maximum Gasteiger partial charge on any atom is 0.573 e. The van der Waals surface area contributed by atoms with Crippen LogP contribution in [0, 0.1) is 29.2 Å². The van der Waals surface area contributed by atoms with Gasteiger partial charge in [-0.05, 0) is 75.8 Å². The van der Waals surface area contributed by atoms with Crippen LogP contribution in [0.5, 0.6) is 11.5 Å². The van der Waals surface area contributed by atoms with E-state index >= 15 is 0 Å². The number of amidine groups is 1. The fraction of sp³-hybridized carbons (Fsp3) is 0.636. The summed E-state index contributed by atoms with van der Waals surface area (Å²) in [5, 5.41) is 18.2. The first-order chi connectivity index (χ1) is 15.7. The molecule has 1 aromatic rings.